The van der Waals surface area contributed by atoms with Crippen molar-refractivity contribution in [3.63, 3.8) is 0 Å². The van der Waals surface area contributed by atoms with E-state index in [1.165, 1.54) is 7.11 Å². The highest BCUT2D eigenvalue weighted by molar-refractivity contribution is 9.10. The smallest absolute Gasteiger partial charge is 0.319 e. The summed E-state index contributed by atoms with van der Waals surface area (Å²) in [6.45, 7) is 0.116. The molecule has 3 aromatic carbocycles. The fourth-order valence-corrected chi connectivity index (χ4v) is 4.42. The Bertz CT molecular complexity index is 1030. The van der Waals surface area contributed by atoms with Crippen LogP contribution >= 0.6 is 27.5 Å². The van der Waals surface area contributed by atoms with Crippen LogP contribution in [0.1, 0.15) is 28.9 Å². The van der Waals surface area contributed by atoms with Crippen LogP contribution in [0.5, 0.6) is 0 Å². The van der Waals surface area contributed by atoms with Crippen molar-refractivity contribution < 1.29 is 9.53 Å². The number of hydrogen-bond donors (Lipinski definition) is 1. The first-order valence-electron chi connectivity index (χ1n) is 9.26. The van der Waals surface area contributed by atoms with E-state index in [4.69, 9.17) is 16.3 Å². The van der Waals surface area contributed by atoms with Crippen molar-refractivity contribution in [3.05, 3.63) is 99.0 Å². The minimum Gasteiger partial charge on any atom is -0.468 e. The van der Waals surface area contributed by atoms with Gasteiger partial charge in [0.05, 0.1) is 19.7 Å². The van der Waals surface area contributed by atoms with Gasteiger partial charge in [-0.25, -0.2) is 0 Å². The molecule has 1 N–H and O–H groups in total. The van der Waals surface area contributed by atoms with Gasteiger partial charge in [-0.05, 0) is 35.4 Å². The number of hydrogen-bond acceptors (Lipinski definition) is 4. The van der Waals surface area contributed by atoms with Crippen molar-refractivity contribution >= 4 is 39.2 Å². The minimum absolute atomic E-state index is 0.116. The Kier molecular flexibility index (Phi) is 5.90. The number of ether oxygens (including phenoxy) is 1. The molecule has 0 amide bonds. The van der Waals surface area contributed by atoms with E-state index < -0.39 is 0 Å². The maximum absolute atomic E-state index is 12.4. The number of fused-ring (bicyclic) bond motifs is 1. The normalized spacial score (nSPS) is 18.6. The Morgan fingerprint density at radius 3 is 2.52 bits per heavy atom. The molecule has 4 nitrogen and oxygen atoms in total. The van der Waals surface area contributed by atoms with Crippen molar-refractivity contribution in [1.29, 1.82) is 0 Å². The molecule has 0 spiro atoms. The number of esters is 1. The van der Waals surface area contributed by atoms with Gasteiger partial charge in [-0.1, -0.05) is 76.1 Å². The number of rotatable bonds is 4. The highest BCUT2D eigenvalue weighted by Crippen LogP contribution is 2.45. The summed E-state index contributed by atoms with van der Waals surface area (Å²) in [5.41, 5.74) is 4.09. The summed E-state index contributed by atoms with van der Waals surface area (Å²) in [7, 11) is 1.41. The molecule has 1 heterocycles. The molecule has 1 aliphatic rings. The largest absolute Gasteiger partial charge is 0.468 e. The molecule has 2 atom stereocenters. The Morgan fingerprint density at radius 1 is 1.07 bits per heavy atom. The highest BCUT2D eigenvalue weighted by atomic mass is 79.9. The Hall–Kier alpha value is -2.34. The second-order valence-electron chi connectivity index (χ2n) is 6.86. The topological polar surface area (TPSA) is 41.6 Å². The van der Waals surface area contributed by atoms with Crippen LogP contribution in [0, 0.1) is 0 Å². The maximum atomic E-state index is 12.4. The number of nitrogens with zero attached hydrogens (tertiary/aromatic N) is 1. The van der Waals surface area contributed by atoms with E-state index >= 15 is 0 Å². The number of nitrogens with one attached hydrogen (secondary N) is 1. The Balaban J connectivity index is 1.91. The molecule has 0 aromatic heterocycles. The van der Waals surface area contributed by atoms with Gasteiger partial charge in [-0.3, -0.25) is 9.69 Å². The van der Waals surface area contributed by atoms with Gasteiger partial charge < -0.3 is 10.1 Å². The monoisotopic (exact) mass is 470 g/mol. The lowest BCUT2D eigenvalue weighted by atomic mass is 9.91. The molecular weight excluding hydrogens is 452 g/mol. The molecule has 3 aromatic rings. The molecular formula is C23H20BrClN2O2. The zero-order chi connectivity index (χ0) is 20.4. The average Bonchev–Trinajstić information content (AvgIpc) is 2.74. The predicted octanol–water partition coefficient (Wildman–Crippen LogP) is 5.79. The lowest BCUT2D eigenvalue weighted by Crippen LogP contribution is -2.44. The summed E-state index contributed by atoms with van der Waals surface area (Å²) in [5, 5.41) is 4.22. The molecule has 29 heavy (non-hydrogen) atoms. The molecule has 0 unspecified atom stereocenters. The summed E-state index contributed by atoms with van der Waals surface area (Å²) >= 11 is 10.1. The molecule has 0 radical (unpaired) electrons. The van der Waals surface area contributed by atoms with Crippen LogP contribution in [0.2, 0.25) is 5.02 Å². The van der Waals surface area contributed by atoms with Crippen LogP contribution in [0.25, 0.3) is 0 Å². The summed E-state index contributed by atoms with van der Waals surface area (Å²) in [4.78, 5) is 14.5. The number of anilines is 1. The van der Waals surface area contributed by atoms with E-state index in [1.54, 1.807) is 0 Å². The van der Waals surface area contributed by atoms with Gasteiger partial charge >= 0.3 is 5.97 Å². The zero-order valence-electron chi connectivity index (χ0n) is 15.8. The van der Waals surface area contributed by atoms with Crippen molar-refractivity contribution in [1.82, 2.24) is 4.90 Å². The fraction of sp³-hybridized carbons (Fsp3) is 0.174. The molecule has 0 saturated heterocycles. The first-order chi connectivity index (χ1) is 14.1. The van der Waals surface area contributed by atoms with Gasteiger partial charge in [0.15, 0.2) is 0 Å². The quantitative estimate of drug-likeness (QED) is 0.489. The van der Waals surface area contributed by atoms with Crippen molar-refractivity contribution in [3.8, 4) is 0 Å². The van der Waals surface area contributed by atoms with Gasteiger partial charge in [0, 0.05) is 20.7 Å². The Labute approximate surface area is 183 Å². The van der Waals surface area contributed by atoms with Gasteiger partial charge in [-0.15, -0.1) is 0 Å². The molecule has 4 rings (SSSR count). The third kappa shape index (κ3) is 4.04. The van der Waals surface area contributed by atoms with E-state index in [2.05, 4.69) is 50.4 Å². The van der Waals surface area contributed by atoms with Crippen LogP contribution in [0.15, 0.2) is 77.3 Å². The third-order valence-corrected chi connectivity index (χ3v) is 5.96. The standard InChI is InChI=1S/C23H20BrClN2O2/c1-29-21(28)14-27-22(15-7-3-2-4-8-15)18-13-16(24)11-12-20(18)26-23(27)17-9-5-6-10-19(17)25/h2-13,22-23,26H,14H2,1H3/t22-,23-/m0/s1. The second kappa shape index (κ2) is 8.57. The lowest BCUT2D eigenvalue weighted by Gasteiger charge is -2.44. The lowest BCUT2D eigenvalue weighted by molar-refractivity contribution is -0.143. The first kappa shape index (κ1) is 20.0. The second-order valence-corrected chi connectivity index (χ2v) is 8.18. The highest BCUT2D eigenvalue weighted by Gasteiger charge is 2.38. The summed E-state index contributed by atoms with van der Waals surface area (Å²) < 4.78 is 5.99. The number of carbonyl (C=O) groups is 1. The van der Waals surface area contributed by atoms with Gasteiger partial charge in [0.1, 0.15) is 6.17 Å². The zero-order valence-corrected chi connectivity index (χ0v) is 18.2. The number of carbonyl (C=O) groups excluding carboxylic acids is 1. The Morgan fingerprint density at radius 2 is 1.79 bits per heavy atom. The van der Waals surface area contributed by atoms with Crippen molar-refractivity contribution in [2.75, 3.05) is 19.0 Å². The van der Waals surface area contributed by atoms with E-state index in [9.17, 15) is 4.79 Å². The predicted molar refractivity (Wildman–Crippen MR) is 119 cm³/mol. The van der Waals surface area contributed by atoms with Gasteiger partial charge in [0.25, 0.3) is 0 Å². The summed E-state index contributed by atoms with van der Waals surface area (Å²) in [5.74, 6) is -0.303. The number of methoxy groups -OCH3 is 1. The number of halogens is 2. The molecule has 148 valence electrons. The van der Waals surface area contributed by atoms with E-state index in [0.717, 1.165) is 26.9 Å². The molecule has 0 bridgehead atoms. The first-order valence-corrected chi connectivity index (χ1v) is 10.4. The summed E-state index contributed by atoms with van der Waals surface area (Å²) in [6.07, 6.45) is -0.290. The van der Waals surface area contributed by atoms with Crippen molar-refractivity contribution in [2.24, 2.45) is 0 Å². The van der Waals surface area contributed by atoms with Crippen LogP contribution in [0.3, 0.4) is 0 Å². The maximum Gasteiger partial charge on any atom is 0.319 e. The molecule has 1 aliphatic heterocycles. The van der Waals surface area contributed by atoms with Crippen molar-refractivity contribution in [2.45, 2.75) is 12.2 Å². The average molecular weight is 472 g/mol. The summed E-state index contributed by atoms with van der Waals surface area (Å²) in [6, 6.07) is 23.9. The minimum atomic E-state index is -0.303. The fourth-order valence-electron chi connectivity index (χ4n) is 3.80. The molecule has 0 aliphatic carbocycles. The molecule has 0 saturated carbocycles. The SMILES string of the molecule is COC(=O)CN1[C@@H](c2ccccc2)c2cc(Br)ccc2N[C@@H]1c1ccccc1Cl. The molecule has 0 fully saturated rings. The van der Waals surface area contributed by atoms with E-state index in [0.29, 0.717) is 5.02 Å². The third-order valence-electron chi connectivity index (χ3n) is 5.12. The van der Waals surface area contributed by atoms with Crippen LogP contribution in [0.4, 0.5) is 5.69 Å². The van der Waals surface area contributed by atoms with Gasteiger partial charge in [0.2, 0.25) is 0 Å². The van der Waals surface area contributed by atoms with E-state index in [1.807, 2.05) is 48.5 Å². The number of benzene rings is 3. The van der Waals surface area contributed by atoms with E-state index in [-0.39, 0.29) is 24.7 Å². The van der Waals surface area contributed by atoms with Crippen LogP contribution < -0.4 is 5.32 Å². The van der Waals surface area contributed by atoms with Crippen LogP contribution in [-0.4, -0.2) is 24.5 Å². The molecule has 6 heteroatoms. The van der Waals surface area contributed by atoms with Gasteiger partial charge in [-0.2, -0.15) is 0 Å². The van der Waals surface area contributed by atoms with Crippen LogP contribution in [-0.2, 0) is 9.53 Å².